The van der Waals surface area contributed by atoms with E-state index in [0.717, 1.165) is 77.3 Å². The summed E-state index contributed by atoms with van der Waals surface area (Å²) in [7, 11) is 0. The van der Waals surface area contributed by atoms with Gasteiger partial charge in [0, 0.05) is 27.6 Å². The van der Waals surface area contributed by atoms with E-state index in [1.165, 1.54) is 16.2 Å². The molecular formula is C50H30N4O. The Morgan fingerprint density at radius 3 is 1.65 bits per heavy atom. The first-order valence-electron chi connectivity index (χ1n) is 18.4. The zero-order valence-electron chi connectivity index (χ0n) is 29.5. The van der Waals surface area contributed by atoms with Crippen LogP contribution in [0, 0.1) is 0 Å². The van der Waals surface area contributed by atoms with Crippen LogP contribution in [0.4, 0.5) is 0 Å². The first-order chi connectivity index (χ1) is 27.3. The van der Waals surface area contributed by atoms with Crippen LogP contribution in [-0.2, 0) is 0 Å². The van der Waals surface area contributed by atoms with E-state index in [-0.39, 0.29) is 0 Å². The highest BCUT2D eigenvalue weighted by Crippen LogP contribution is 2.45. The molecule has 0 atom stereocenters. The topological polar surface area (TPSA) is 64.7 Å². The zero-order valence-corrected chi connectivity index (χ0v) is 29.5. The van der Waals surface area contributed by atoms with Crippen LogP contribution in [0.3, 0.4) is 0 Å². The molecule has 5 heteroatoms. The monoisotopic (exact) mass is 702 g/mol. The van der Waals surface area contributed by atoms with Gasteiger partial charge < -0.3 is 4.42 Å². The Kier molecular flexibility index (Phi) is 7.10. The largest absolute Gasteiger partial charge is 0.455 e. The lowest BCUT2D eigenvalue weighted by molar-refractivity contribution is 0.672. The van der Waals surface area contributed by atoms with Crippen molar-refractivity contribution in [2.45, 2.75) is 0 Å². The van der Waals surface area contributed by atoms with Gasteiger partial charge in [0.1, 0.15) is 11.2 Å². The smallest absolute Gasteiger partial charge is 0.164 e. The number of hydrogen-bond donors (Lipinski definition) is 0. The van der Waals surface area contributed by atoms with Gasteiger partial charge in [0.2, 0.25) is 0 Å². The summed E-state index contributed by atoms with van der Waals surface area (Å²) in [4.78, 5) is 20.4. The van der Waals surface area contributed by atoms with Crippen molar-refractivity contribution in [1.29, 1.82) is 0 Å². The van der Waals surface area contributed by atoms with Gasteiger partial charge in [-0.25, -0.2) is 19.9 Å². The molecule has 5 nitrogen and oxygen atoms in total. The molecule has 3 aromatic heterocycles. The van der Waals surface area contributed by atoms with E-state index in [1.807, 2.05) is 72.8 Å². The van der Waals surface area contributed by atoms with Crippen molar-refractivity contribution in [1.82, 2.24) is 19.9 Å². The fraction of sp³-hybridized carbons (Fsp3) is 0. The van der Waals surface area contributed by atoms with Crippen molar-refractivity contribution in [3.63, 3.8) is 0 Å². The molecule has 55 heavy (non-hydrogen) atoms. The molecule has 0 fully saturated rings. The number of nitrogens with zero attached hydrogens (tertiary/aromatic N) is 4. The van der Waals surface area contributed by atoms with Gasteiger partial charge in [-0.3, -0.25) is 0 Å². The molecule has 0 saturated carbocycles. The minimum absolute atomic E-state index is 0.604. The van der Waals surface area contributed by atoms with Gasteiger partial charge in [-0.15, -0.1) is 0 Å². The van der Waals surface area contributed by atoms with Crippen LogP contribution in [0.5, 0.6) is 0 Å². The van der Waals surface area contributed by atoms with Gasteiger partial charge in [0.05, 0.1) is 22.0 Å². The standard InChI is InChI=1S/C50H30N4O/c1-3-15-31(16-4-1)48-52-49(32-17-5-2-6-18-32)54-50(53-48)35-21-13-20-33(29-35)37-26-14-27-42-44(37)47-45(40-25-11-12-28-43(40)55-47)46(51-42)41-30-34-19-7-8-22-36(34)38-23-9-10-24-39(38)41/h1-30H. The molecule has 3 heterocycles. The lowest BCUT2D eigenvalue weighted by Crippen LogP contribution is -2.00. The number of aromatic nitrogens is 4. The Bertz CT molecular complexity index is 3210. The molecular weight excluding hydrogens is 673 g/mol. The van der Waals surface area contributed by atoms with Gasteiger partial charge in [0.15, 0.2) is 17.5 Å². The lowest BCUT2D eigenvalue weighted by Gasteiger charge is -2.14. The number of pyridine rings is 1. The van der Waals surface area contributed by atoms with Crippen LogP contribution >= 0.6 is 0 Å². The van der Waals surface area contributed by atoms with Crippen LogP contribution in [-0.4, -0.2) is 19.9 Å². The second kappa shape index (κ2) is 12.6. The molecule has 0 aliphatic heterocycles. The minimum Gasteiger partial charge on any atom is -0.455 e. The summed E-state index contributed by atoms with van der Waals surface area (Å²) in [6.07, 6.45) is 0. The van der Waals surface area contributed by atoms with Crippen molar-refractivity contribution in [3.8, 4) is 56.5 Å². The predicted octanol–water partition coefficient (Wildman–Crippen LogP) is 13.0. The van der Waals surface area contributed by atoms with E-state index in [0.29, 0.717) is 17.5 Å². The Hall–Kier alpha value is -7.50. The van der Waals surface area contributed by atoms with Crippen molar-refractivity contribution in [3.05, 3.63) is 182 Å². The number of fused-ring (bicyclic) bond motifs is 8. The maximum absolute atomic E-state index is 6.86. The third kappa shape index (κ3) is 5.17. The molecule has 256 valence electrons. The highest BCUT2D eigenvalue weighted by Gasteiger charge is 2.22. The number of para-hydroxylation sites is 1. The van der Waals surface area contributed by atoms with E-state index in [2.05, 4.69) is 109 Å². The fourth-order valence-corrected chi connectivity index (χ4v) is 7.95. The zero-order chi connectivity index (χ0) is 36.3. The molecule has 0 aliphatic rings. The summed E-state index contributed by atoms with van der Waals surface area (Å²) in [5.41, 5.74) is 9.28. The van der Waals surface area contributed by atoms with Crippen molar-refractivity contribution in [2.75, 3.05) is 0 Å². The van der Waals surface area contributed by atoms with Crippen molar-refractivity contribution < 1.29 is 4.42 Å². The molecule has 0 radical (unpaired) electrons. The maximum atomic E-state index is 6.86. The van der Waals surface area contributed by atoms with E-state index in [9.17, 15) is 0 Å². The first-order valence-corrected chi connectivity index (χ1v) is 18.4. The summed E-state index contributed by atoms with van der Waals surface area (Å²) in [6.45, 7) is 0. The second-order valence-corrected chi connectivity index (χ2v) is 13.8. The normalized spacial score (nSPS) is 11.6. The van der Waals surface area contributed by atoms with Crippen LogP contribution in [0.25, 0.3) is 111 Å². The Morgan fingerprint density at radius 2 is 0.909 bits per heavy atom. The molecule has 0 unspecified atom stereocenters. The molecule has 11 aromatic rings. The van der Waals surface area contributed by atoms with Gasteiger partial charge in [-0.05, 0) is 56.9 Å². The van der Waals surface area contributed by atoms with Crippen LogP contribution in [0.15, 0.2) is 186 Å². The number of hydrogen-bond acceptors (Lipinski definition) is 5. The Morgan fingerprint density at radius 1 is 0.345 bits per heavy atom. The van der Waals surface area contributed by atoms with E-state index >= 15 is 0 Å². The first kappa shape index (κ1) is 31.1. The van der Waals surface area contributed by atoms with Gasteiger partial charge in [-0.2, -0.15) is 0 Å². The highest BCUT2D eigenvalue weighted by atomic mass is 16.3. The summed E-state index contributed by atoms with van der Waals surface area (Å²) in [5.74, 6) is 1.86. The molecule has 0 bridgehead atoms. The van der Waals surface area contributed by atoms with Crippen LogP contribution in [0.1, 0.15) is 0 Å². The molecule has 0 amide bonds. The SMILES string of the molecule is c1ccc(-c2nc(-c3ccccc3)nc(-c3cccc(-c4cccc5nc(-c6cc7ccccc7c7ccccc67)c6c7ccccc7oc6c45)c3)n2)cc1. The van der Waals surface area contributed by atoms with E-state index < -0.39 is 0 Å². The quantitative estimate of drug-likeness (QED) is 0.167. The van der Waals surface area contributed by atoms with Crippen molar-refractivity contribution >= 4 is 54.4 Å². The van der Waals surface area contributed by atoms with Gasteiger partial charge in [0.25, 0.3) is 0 Å². The van der Waals surface area contributed by atoms with Crippen LogP contribution in [0.2, 0.25) is 0 Å². The lowest BCUT2D eigenvalue weighted by atomic mass is 9.92. The van der Waals surface area contributed by atoms with E-state index in [1.54, 1.807) is 0 Å². The third-order valence-corrected chi connectivity index (χ3v) is 10.5. The second-order valence-electron chi connectivity index (χ2n) is 13.8. The molecule has 0 spiro atoms. The summed E-state index contributed by atoms with van der Waals surface area (Å²) < 4.78 is 6.86. The van der Waals surface area contributed by atoms with Crippen molar-refractivity contribution in [2.24, 2.45) is 0 Å². The summed E-state index contributed by atoms with van der Waals surface area (Å²) in [5, 5.41) is 7.76. The number of rotatable bonds is 5. The maximum Gasteiger partial charge on any atom is 0.164 e. The minimum atomic E-state index is 0.604. The number of furan rings is 1. The predicted molar refractivity (Wildman–Crippen MR) is 225 cm³/mol. The molecule has 11 rings (SSSR count). The highest BCUT2D eigenvalue weighted by molar-refractivity contribution is 6.25. The molecule has 8 aromatic carbocycles. The summed E-state index contributed by atoms with van der Waals surface area (Å²) in [6, 6.07) is 62.6. The fourth-order valence-electron chi connectivity index (χ4n) is 7.95. The van der Waals surface area contributed by atoms with Gasteiger partial charge in [-0.1, -0.05) is 158 Å². The van der Waals surface area contributed by atoms with E-state index in [4.69, 9.17) is 24.4 Å². The Labute approximate surface area is 316 Å². The third-order valence-electron chi connectivity index (χ3n) is 10.5. The number of benzene rings is 8. The Balaban J connectivity index is 1.15. The van der Waals surface area contributed by atoms with Crippen LogP contribution < -0.4 is 0 Å². The molecule has 0 saturated heterocycles. The summed E-state index contributed by atoms with van der Waals surface area (Å²) >= 11 is 0. The average Bonchev–Trinajstić information content (AvgIpc) is 3.66. The molecule has 0 N–H and O–H groups in total. The van der Waals surface area contributed by atoms with Gasteiger partial charge >= 0.3 is 0 Å². The average molecular weight is 703 g/mol. The molecule has 0 aliphatic carbocycles.